The van der Waals surface area contributed by atoms with Crippen molar-refractivity contribution in [2.45, 2.75) is 11.8 Å². The lowest BCUT2D eigenvalue weighted by Gasteiger charge is -2.13. The van der Waals surface area contributed by atoms with Gasteiger partial charge in [0.25, 0.3) is 0 Å². The summed E-state index contributed by atoms with van der Waals surface area (Å²) in [6.07, 6.45) is 6.24. The number of H-pyrrole nitrogens is 1. The summed E-state index contributed by atoms with van der Waals surface area (Å²) in [5.41, 5.74) is 6.16. The topological polar surface area (TPSA) is 116 Å². The van der Waals surface area contributed by atoms with Gasteiger partial charge >= 0.3 is 0 Å². The summed E-state index contributed by atoms with van der Waals surface area (Å²) in [5, 5.41) is 7.09. The standard InChI is InChI=1S/C24H18N4O4S/c1-14-13-32-22-5-3-15(9-18(14)22)19-10-17(12-21-24(19)26-8-7-25-21)27-20-11-16(28-29)4-6-23(20)33(2,30)31/h3-13,27H,1-2H3/p+1. The Bertz CT molecular complexity index is 1660. The molecule has 8 nitrogen and oxygen atoms in total. The maximum absolute atomic E-state index is 12.3. The number of aromatic amines is 1. The number of hydrogen-bond donors (Lipinski definition) is 1. The Labute approximate surface area is 189 Å². The van der Waals surface area contributed by atoms with E-state index in [0.717, 1.165) is 39.4 Å². The summed E-state index contributed by atoms with van der Waals surface area (Å²) >= 11 is 0. The van der Waals surface area contributed by atoms with Gasteiger partial charge in [-0.1, -0.05) is 6.07 Å². The first-order chi connectivity index (χ1) is 15.8. The van der Waals surface area contributed by atoms with Crippen molar-refractivity contribution in [2.75, 3.05) is 11.6 Å². The Hall–Kier alpha value is -4.11. The van der Waals surface area contributed by atoms with Crippen LogP contribution in [0.15, 0.2) is 81.7 Å². The maximum atomic E-state index is 12.3. The molecule has 164 valence electrons. The molecule has 2 heterocycles. The summed E-state index contributed by atoms with van der Waals surface area (Å²) in [7, 11) is -3.54. The lowest BCUT2D eigenvalue weighted by molar-refractivity contribution is -0.344. The number of benzene rings is 3. The van der Waals surface area contributed by atoms with Gasteiger partial charge in [-0.3, -0.25) is 0 Å². The molecular formula is C24H19N4O4S+. The average Bonchev–Trinajstić information content (AvgIpc) is 3.17. The molecule has 9 heteroatoms. The predicted octanol–water partition coefficient (Wildman–Crippen LogP) is 5.32. The van der Waals surface area contributed by atoms with Gasteiger partial charge in [0.1, 0.15) is 16.8 Å². The molecule has 0 radical (unpaired) electrons. The van der Waals surface area contributed by atoms with Gasteiger partial charge < -0.3 is 9.73 Å². The molecule has 0 fully saturated rings. The van der Waals surface area contributed by atoms with Crippen LogP contribution in [0.5, 0.6) is 0 Å². The van der Waals surface area contributed by atoms with E-state index < -0.39 is 9.84 Å². The van der Waals surface area contributed by atoms with Gasteiger partial charge in [-0.25, -0.2) is 18.4 Å². The third kappa shape index (κ3) is 3.83. The maximum Gasteiger partial charge on any atom is 0.237 e. The molecule has 0 atom stereocenters. The van der Waals surface area contributed by atoms with E-state index in [2.05, 4.69) is 20.5 Å². The Morgan fingerprint density at radius 2 is 1.94 bits per heavy atom. The zero-order valence-corrected chi connectivity index (χ0v) is 18.6. The van der Waals surface area contributed by atoms with Gasteiger partial charge in [-0.2, -0.15) is 0 Å². The Kier molecular flexibility index (Phi) is 4.90. The molecule has 0 aliphatic carbocycles. The number of nitrogens with zero attached hydrogens (tertiary/aromatic N) is 2. The quantitative estimate of drug-likeness (QED) is 0.356. The van der Waals surface area contributed by atoms with E-state index in [4.69, 9.17) is 4.42 Å². The minimum Gasteiger partial charge on any atom is -0.464 e. The largest absolute Gasteiger partial charge is 0.464 e. The molecule has 5 aromatic rings. The highest BCUT2D eigenvalue weighted by molar-refractivity contribution is 7.90. The number of nitroso groups, excluding NO2 is 1. The second-order valence-corrected chi connectivity index (χ2v) is 9.79. The van der Waals surface area contributed by atoms with Gasteiger partial charge in [0.2, 0.25) is 5.52 Å². The van der Waals surface area contributed by atoms with Crippen LogP contribution in [-0.2, 0) is 9.84 Å². The number of sulfone groups is 1. The van der Waals surface area contributed by atoms with Crippen molar-refractivity contribution in [3.63, 3.8) is 0 Å². The fourth-order valence-corrected chi connectivity index (χ4v) is 4.72. The van der Waals surface area contributed by atoms with Gasteiger partial charge in [-0.15, -0.1) is 4.91 Å². The van der Waals surface area contributed by atoms with Crippen LogP contribution >= 0.6 is 0 Å². The van der Waals surface area contributed by atoms with Crippen LogP contribution in [0.1, 0.15) is 5.56 Å². The highest BCUT2D eigenvalue weighted by Gasteiger charge is 2.18. The number of nitrogens with one attached hydrogen (secondary N) is 2. The van der Waals surface area contributed by atoms with Crippen molar-refractivity contribution < 1.29 is 17.8 Å². The van der Waals surface area contributed by atoms with Crippen LogP contribution in [0.25, 0.3) is 33.1 Å². The van der Waals surface area contributed by atoms with Gasteiger partial charge in [0.05, 0.1) is 28.6 Å². The smallest absolute Gasteiger partial charge is 0.237 e. The van der Waals surface area contributed by atoms with Crippen molar-refractivity contribution in [1.29, 1.82) is 0 Å². The first kappa shape index (κ1) is 20.8. The molecule has 0 unspecified atom stereocenters. The zero-order valence-electron chi connectivity index (χ0n) is 17.8. The van der Waals surface area contributed by atoms with Gasteiger partial charge in [0, 0.05) is 17.3 Å². The van der Waals surface area contributed by atoms with Crippen molar-refractivity contribution in [1.82, 2.24) is 4.98 Å². The highest BCUT2D eigenvalue weighted by atomic mass is 32.2. The van der Waals surface area contributed by atoms with E-state index in [-0.39, 0.29) is 16.3 Å². The molecule has 0 aliphatic rings. The fraction of sp³-hybridized carbons (Fsp3) is 0.0833. The molecule has 5 rings (SSSR count). The third-order valence-corrected chi connectivity index (χ3v) is 6.61. The minimum absolute atomic E-state index is 0.0690. The second kappa shape index (κ2) is 7.79. The molecule has 0 saturated heterocycles. The number of furan rings is 1. The Balaban J connectivity index is 1.70. The van der Waals surface area contributed by atoms with Gasteiger partial charge in [0.15, 0.2) is 16.0 Å². The van der Waals surface area contributed by atoms with Crippen LogP contribution < -0.4 is 10.3 Å². The predicted molar refractivity (Wildman–Crippen MR) is 127 cm³/mol. The van der Waals surface area contributed by atoms with Crippen LogP contribution in [0, 0.1) is 11.8 Å². The lowest BCUT2D eigenvalue weighted by atomic mass is 10.0. The summed E-state index contributed by atoms with van der Waals surface area (Å²) in [5.74, 6) is 0. The molecule has 0 bridgehead atoms. The van der Waals surface area contributed by atoms with E-state index in [1.807, 2.05) is 37.3 Å². The third-order valence-electron chi connectivity index (χ3n) is 5.46. The SMILES string of the molecule is Cc1coc2ccc(-c3cc(Nc4cc(N=O)ccc4S(C)(=O)=O)cc4ncc[nH+]c34)cc12. The summed E-state index contributed by atoms with van der Waals surface area (Å²) in [4.78, 5) is 18.8. The molecule has 0 saturated carbocycles. The molecule has 0 aliphatic heterocycles. The zero-order chi connectivity index (χ0) is 23.2. The minimum atomic E-state index is -3.54. The summed E-state index contributed by atoms with van der Waals surface area (Å²) < 4.78 is 30.2. The van der Waals surface area contributed by atoms with Crippen LogP contribution in [0.4, 0.5) is 17.1 Å². The summed E-state index contributed by atoms with van der Waals surface area (Å²) in [6, 6.07) is 13.8. The van der Waals surface area contributed by atoms with E-state index in [1.165, 1.54) is 18.2 Å². The number of hydrogen-bond acceptors (Lipinski definition) is 7. The number of anilines is 2. The molecule has 2 aromatic heterocycles. The highest BCUT2D eigenvalue weighted by Crippen LogP contribution is 2.35. The molecule has 0 amide bonds. The summed E-state index contributed by atoms with van der Waals surface area (Å²) in [6.45, 7) is 1.99. The van der Waals surface area contributed by atoms with E-state index in [1.54, 1.807) is 18.7 Å². The fourth-order valence-electron chi connectivity index (χ4n) is 3.89. The molecule has 33 heavy (non-hydrogen) atoms. The van der Waals surface area contributed by atoms with Crippen molar-refractivity contribution in [2.24, 2.45) is 5.18 Å². The first-order valence-electron chi connectivity index (χ1n) is 10.1. The molecule has 2 N–H and O–H groups in total. The van der Waals surface area contributed by atoms with Crippen molar-refractivity contribution >= 4 is 48.9 Å². The number of rotatable bonds is 5. The second-order valence-electron chi connectivity index (χ2n) is 7.81. The number of aromatic nitrogens is 2. The van der Waals surface area contributed by atoms with Crippen molar-refractivity contribution in [3.05, 3.63) is 77.7 Å². The average molecular weight is 460 g/mol. The number of aryl methyl sites for hydroxylation is 1. The first-order valence-corrected chi connectivity index (χ1v) is 12.0. The van der Waals surface area contributed by atoms with Crippen LogP contribution in [-0.4, -0.2) is 19.7 Å². The van der Waals surface area contributed by atoms with Crippen molar-refractivity contribution in [3.8, 4) is 11.1 Å². The Morgan fingerprint density at radius 3 is 2.73 bits per heavy atom. The van der Waals surface area contributed by atoms with E-state index in [9.17, 15) is 13.3 Å². The molecule has 3 aromatic carbocycles. The van der Waals surface area contributed by atoms with Crippen LogP contribution in [0.2, 0.25) is 0 Å². The lowest BCUT2D eigenvalue weighted by Crippen LogP contribution is -2.07. The van der Waals surface area contributed by atoms with Crippen LogP contribution in [0.3, 0.4) is 0 Å². The van der Waals surface area contributed by atoms with Gasteiger partial charge in [-0.05, 0) is 65.7 Å². The number of fused-ring (bicyclic) bond motifs is 2. The monoisotopic (exact) mass is 459 g/mol. The normalized spacial score (nSPS) is 11.7. The van der Waals surface area contributed by atoms with E-state index >= 15 is 0 Å². The van der Waals surface area contributed by atoms with E-state index in [0.29, 0.717) is 11.2 Å². The Morgan fingerprint density at radius 1 is 1.09 bits per heavy atom. The molecular weight excluding hydrogens is 440 g/mol. The molecule has 0 spiro atoms.